The Labute approximate surface area is 101 Å². The van der Waals surface area contributed by atoms with E-state index in [1.807, 2.05) is 12.1 Å². The fraction of sp³-hybridized carbons (Fsp3) is 0.538. The number of rotatable bonds is 1. The van der Waals surface area contributed by atoms with Crippen molar-refractivity contribution in [3.63, 3.8) is 0 Å². The zero-order valence-corrected chi connectivity index (χ0v) is 9.93. The van der Waals surface area contributed by atoms with Gasteiger partial charge in [0.1, 0.15) is 11.8 Å². The van der Waals surface area contributed by atoms with Crippen LogP contribution in [0.25, 0.3) is 0 Å². The summed E-state index contributed by atoms with van der Waals surface area (Å²) in [5.41, 5.74) is 1.66. The van der Waals surface area contributed by atoms with Crippen LogP contribution in [0.3, 0.4) is 0 Å². The SMILES string of the molecule is C[C@H]1CC2CNCC1N2c1ccnc(C#N)c1. The third-order valence-corrected chi connectivity index (χ3v) is 3.94. The van der Waals surface area contributed by atoms with Gasteiger partial charge in [0.2, 0.25) is 0 Å². The number of hydrogen-bond acceptors (Lipinski definition) is 4. The molecule has 2 aliphatic heterocycles. The molecule has 1 aromatic heterocycles. The first kappa shape index (κ1) is 10.5. The zero-order chi connectivity index (χ0) is 11.8. The summed E-state index contributed by atoms with van der Waals surface area (Å²) >= 11 is 0. The summed E-state index contributed by atoms with van der Waals surface area (Å²) in [4.78, 5) is 6.51. The lowest BCUT2D eigenvalue weighted by Crippen LogP contribution is -2.52. The minimum absolute atomic E-state index is 0.507. The minimum Gasteiger partial charge on any atom is -0.363 e. The number of aromatic nitrogens is 1. The van der Waals surface area contributed by atoms with Crippen molar-refractivity contribution in [2.24, 2.45) is 5.92 Å². The largest absolute Gasteiger partial charge is 0.363 e. The number of hydrogen-bond donors (Lipinski definition) is 1. The van der Waals surface area contributed by atoms with Crippen LogP contribution in [0.15, 0.2) is 18.3 Å². The third-order valence-electron chi connectivity index (χ3n) is 3.94. The molecule has 2 aliphatic rings. The summed E-state index contributed by atoms with van der Waals surface area (Å²) in [5, 5.41) is 12.4. The number of pyridine rings is 1. The van der Waals surface area contributed by atoms with Gasteiger partial charge in [-0.2, -0.15) is 5.26 Å². The molecule has 0 radical (unpaired) electrons. The molecule has 2 unspecified atom stereocenters. The molecular formula is C13H16N4. The maximum atomic E-state index is 8.92. The van der Waals surface area contributed by atoms with Crippen molar-refractivity contribution < 1.29 is 0 Å². The Morgan fingerprint density at radius 1 is 1.53 bits per heavy atom. The number of fused-ring (bicyclic) bond motifs is 2. The van der Waals surface area contributed by atoms with Crippen LogP contribution in [0.2, 0.25) is 0 Å². The lowest BCUT2D eigenvalue weighted by atomic mass is 10.0. The maximum Gasteiger partial charge on any atom is 0.142 e. The Bertz CT molecular complexity index is 465. The molecule has 3 heterocycles. The number of nitrogens with one attached hydrogen (secondary N) is 1. The molecule has 2 saturated heterocycles. The van der Waals surface area contributed by atoms with Gasteiger partial charge < -0.3 is 10.2 Å². The second kappa shape index (κ2) is 4.01. The second-order valence-corrected chi connectivity index (χ2v) is 5.01. The highest BCUT2D eigenvalue weighted by Crippen LogP contribution is 2.35. The standard InChI is InChI=1S/C13H16N4/c1-9-4-12-7-15-8-13(9)17(12)11-2-3-16-10(5-11)6-14/h2-3,5,9,12-13,15H,4,7-8H2,1H3/t9-,12?,13?/m0/s1. The highest BCUT2D eigenvalue weighted by Gasteiger charge is 2.41. The molecule has 3 rings (SSSR count). The Hall–Kier alpha value is -1.60. The van der Waals surface area contributed by atoms with Gasteiger partial charge in [0.15, 0.2) is 0 Å². The summed E-state index contributed by atoms with van der Waals surface area (Å²) in [6.07, 6.45) is 2.97. The van der Waals surface area contributed by atoms with Crippen molar-refractivity contribution in [2.75, 3.05) is 18.0 Å². The molecule has 0 amide bonds. The average molecular weight is 228 g/mol. The number of nitrogens with zero attached hydrogens (tertiary/aromatic N) is 3. The highest BCUT2D eigenvalue weighted by atomic mass is 15.3. The summed E-state index contributed by atoms with van der Waals surface area (Å²) in [7, 11) is 0. The van der Waals surface area contributed by atoms with Gasteiger partial charge in [-0.3, -0.25) is 0 Å². The van der Waals surface area contributed by atoms with Crippen LogP contribution in [0.1, 0.15) is 19.0 Å². The Kier molecular flexibility index (Phi) is 2.49. The van der Waals surface area contributed by atoms with Crippen molar-refractivity contribution in [3.05, 3.63) is 24.0 Å². The molecule has 2 fully saturated rings. The van der Waals surface area contributed by atoms with Gasteiger partial charge in [0, 0.05) is 37.1 Å². The van der Waals surface area contributed by atoms with E-state index in [0.717, 1.165) is 18.8 Å². The molecule has 4 heteroatoms. The van der Waals surface area contributed by atoms with Gasteiger partial charge in [0.05, 0.1) is 0 Å². The first-order valence-electron chi connectivity index (χ1n) is 6.15. The van der Waals surface area contributed by atoms with Gasteiger partial charge in [-0.05, 0) is 24.5 Å². The Morgan fingerprint density at radius 3 is 3.18 bits per heavy atom. The van der Waals surface area contributed by atoms with E-state index in [0.29, 0.717) is 23.7 Å². The van der Waals surface area contributed by atoms with Gasteiger partial charge in [-0.25, -0.2) is 4.98 Å². The van der Waals surface area contributed by atoms with Crippen LogP contribution in [-0.2, 0) is 0 Å². The molecule has 0 saturated carbocycles. The Morgan fingerprint density at radius 2 is 2.41 bits per heavy atom. The van der Waals surface area contributed by atoms with E-state index < -0.39 is 0 Å². The average Bonchev–Trinajstić information content (AvgIpc) is 2.56. The summed E-state index contributed by atoms with van der Waals surface area (Å²) in [6, 6.07) is 7.16. The summed E-state index contributed by atoms with van der Waals surface area (Å²) in [5.74, 6) is 0.716. The molecule has 3 atom stereocenters. The smallest absolute Gasteiger partial charge is 0.142 e. The molecular weight excluding hydrogens is 212 g/mol. The first-order valence-corrected chi connectivity index (χ1v) is 6.15. The lowest BCUT2D eigenvalue weighted by molar-refractivity contribution is 0.457. The van der Waals surface area contributed by atoms with Gasteiger partial charge >= 0.3 is 0 Å². The quantitative estimate of drug-likeness (QED) is 0.783. The summed E-state index contributed by atoms with van der Waals surface area (Å²) in [6.45, 7) is 4.41. The topological polar surface area (TPSA) is 52.0 Å². The molecule has 88 valence electrons. The first-order chi connectivity index (χ1) is 8.29. The van der Waals surface area contributed by atoms with Crippen molar-refractivity contribution in [2.45, 2.75) is 25.4 Å². The van der Waals surface area contributed by atoms with Crippen molar-refractivity contribution in [3.8, 4) is 6.07 Å². The second-order valence-electron chi connectivity index (χ2n) is 5.01. The summed E-state index contributed by atoms with van der Waals surface area (Å²) < 4.78 is 0. The zero-order valence-electron chi connectivity index (χ0n) is 9.93. The number of nitriles is 1. The molecule has 0 spiro atoms. The predicted octanol–water partition coefficient (Wildman–Crippen LogP) is 1.14. The number of anilines is 1. The molecule has 0 aromatic carbocycles. The third kappa shape index (κ3) is 1.67. The molecule has 0 aliphatic carbocycles. The van der Waals surface area contributed by atoms with E-state index in [2.05, 4.69) is 28.2 Å². The van der Waals surface area contributed by atoms with Gasteiger partial charge in [0.25, 0.3) is 0 Å². The van der Waals surface area contributed by atoms with Crippen LogP contribution in [0, 0.1) is 17.2 Å². The van der Waals surface area contributed by atoms with E-state index in [9.17, 15) is 0 Å². The molecule has 1 N–H and O–H groups in total. The fourth-order valence-electron chi connectivity index (χ4n) is 3.17. The van der Waals surface area contributed by atoms with Crippen molar-refractivity contribution >= 4 is 5.69 Å². The van der Waals surface area contributed by atoms with Crippen LogP contribution >= 0.6 is 0 Å². The van der Waals surface area contributed by atoms with Crippen LogP contribution in [0.5, 0.6) is 0 Å². The number of piperazine rings is 1. The molecule has 1 aromatic rings. The van der Waals surface area contributed by atoms with Crippen LogP contribution < -0.4 is 10.2 Å². The maximum absolute atomic E-state index is 8.92. The van der Waals surface area contributed by atoms with Crippen molar-refractivity contribution in [1.29, 1.82) is 5.26 Å². The molecule has 4 nitrogen and oxygen atoms in total. The fourth-order valence-corrected chi connectivity index (χ4v) is 3.17. The highest BCUT2D eigenvalue weighted by molar-refractivity contribution is 5.52. The van der Waals surface area contributed by atoms with E-state index in [1.54, 1.807) is 6.20 Å². The van der Waals surface area contributed by atoms with Crippen LogP contribution in [0.4, 0.5) is 5.69 Å². The minimum atomic E-state index is 0.507. The van der Waals surface area contributed by atoms with Crippen molar-refractivity contribution in [1.82, 2.24) is 10.3 Å². The van der Waals surface area contributed by atoms with Crippen LogP contribution in [-0.4, -0.2) is 30.2 Å². The molecule has 17 heavy (non-hydrogen) atoms. The van der Waals surface area contributed by atoms with E-state index >= 15 is 0 Å². The monoisotopic (exact) mass is 228 g/mol. The van der Waals surface area contributed by atoms with Gasteiger partial charge in [-0.15, -0.1) is 0 Å². The lowest BCUT2D eigenvalue weighted by Gasteiger charge is -2.38. The van der Waals surface area contributed by atoms with Gasteiger partial charge in [-0.1, -0.05) is 6.92 Å². The van der Waals surface area contributed by atoms with E-state index in [4.69, 9.17) is 5.26 Å². The normalized spacial score (nSPS) is 31.3. The molecule has 2 bridgehead atoms. The predicted molar refractivity (Wildman–Crippen MR) is 65.7 cm³/mol. The van der Waals surface area contributed by atoms with E-state index in [-0.39, 0.29) is 0 Å². The Balaban J connectivity index is 1.96. The van der Waals surface area contributed by atoms with E-state index in [1.165, 1.54) is 6.42 Å².